The highest BCUT2D eigenvalue weighted by atomic mass is 35.5. The van der Waals surface area contributed by atoms with Crippen molar-refractivity contribution in [3.63, 3.8) is 0 Å². The van der Waals surface area contributed by atoms with Gasteiger partial charge >= 0.3 is 0 Å². The van der Waals surface area contributed by atoms with Crippen LogP contribution in [0.25, 0.3) is 0 Å². The highest BCUT2D eigenvalue weighted by Gasteiger charge is 2.08. The molecule has 17 heavy (non-hydrogen) atoms. The zero-order valence-electron chi connectivity index (χ0n) is 10.1. The normalized spacial score (nSPS) is 10.1. The Morgan fingerprint density at radius 3 is 2.76 bits per heavy atom. The van der Waals surface area contributed by atoms with Gasteiger partial charge in [-0.1, -0.05) is 17.7 Å². The van der Waals surface area contributed by atoms with Gasteiger partial charge in [-0.2, -0.15) is 0 Å². The van der Waals surface area contributed by atoms with Crippen molar-refractivity contribution in [3.05, 3.63) is 28.8 Å². The van der Waals surface area contributed by atoms with Crippen LogP contribution in [0.2, 0.25) is 5.02 Å². The van der Waals surface area contributed by atoms with Crippen LogP contribution in [0.4, 0.5) is 0 Å². The topological polar surface area (TPSA) is 55.6 Å². The van der Waals surface area contributed by atoms with Crippen LogP contribution in [0.1, 0.15) is 12.5 Å². The van der Waals surface area contributed by atoms with E-state index in [2.05, 4.69) is 0 Å². The molecular weight excluding hydrogens is 240 g/mol. The third-order valence-corrected chi connectivity index (χ3v) is 2.61. The van der Waals surface area contributed by atoms with Crippen LogP contribution in [-0.2, 0) is 11.3 Å². The zero-order chi connectivity index (χ0) is 12.8. The van der Waals surface area contributed by atoms with Crippen LogP contribution in [0.3, 0.4) is 0 Å². The van der Waals surface area contributed by atoms with E-state index in [1.54, 1.807) is 18.0 Å². The molecule has 5 heteroatoms. The number of carbonyl (C=O) groups is 1. The first-order valence-electron chi connectivity index (χ1n) is 5.43. The molecular formula is C12H17ClN2O2. The third kappa shape index (κ3) is 3.91. The summed E-state index contributed by atoms with van der Waals surface area (Å²) in [4.78, 5) is 12.9. The van der Waals surface area contributed by atoms with Crippen LogP contribution < -0.4 is 10.5 Å². The summed E-state index contributed by atoms with van der Waals surface area (Å²) >= 11 is 6.05. The first kappa shape index (κ1) is 13.8. The molecule has 94 valence electrons. The van der Waals surface area contributed by atoms with E-state index in [0.29, 0.717) is 23.9 Å². The second-order valence-corrected chi connectivity index (χ2v) is 4.06. The maximum atomic E-state index is 11.3. The van der Waals surface area contributed by atoms with Gasteiger partial charge < -0.3 is 15.4 Å². The van der Waals surface area contributed by atoms with Crippen molar-refractivity contribution in [1.29, 1.82) is 0 Å². The lowest BCUT2D eigenvalue weighted by Crippen LogP contribution is -2.32. The summed E-state index contributed by atoms with van der Waals surface area (Å²) in [7, 11) is 1.71. The Hall–Kier alpha value is -1.26. The molecule has 0 heterocycles. The number of rotatable bonds is 5. The molecule has 0 saturated carbocycles. The number of amides is 1. The summed E-state index contributed by atoms with van der Waals surface area (Å²) in [5.74, 6) is 0.556. The third-order valence-electron chi connectivity index (χ3n) is 2.32. The molecule has 0 aliphatic carbocycles. The van der Waals surface area contributed by atoms with E-state index in [1.165, 1.54) is 0 Å². The maximum Gasteiger partial charge on any atom is 0.236 e. The Kier molecular flexibility index (Phi) is 5.25. The zero-order valence-corrected chi connectivity index (χ0v) is 10.8. The fraction of sp³-hybridized carbons (Fsp3) is 0.417. The van der Waals surface area contributed by atoms with Gasteiger partial charge in [-0.15, -0.1) is 0 Å². The number of halogens is 1. The van der Waals surface area contributed by atoms with E-state index in [0.717, 1.165) is 5.56 Å². The van der Waals surface area contributed by atoms with Crippen molar-refractivity contribution >= 4 is 17.5 Å². The minimum Gasteiger partial charge on any atom is -0.492 e. The molecule has 0 spiro atoms. The minimum atomic E-state index is -0.102. The molecule has 0 unspecified atom stereocenters. The molecule has 1 aromatic rings. The summed E-state index contributed by atoms with van der Waals surface area (Å²) in [6, 6.07) is 5.49. The van der Waals surface area contributed by atoms with Gasteiger partial charge in [0.05, 0.1) is 18.2 Å². The van der Waals surface area contributed by atoms with Gasteiger partial charge in [-0.25, -0.2) is 0 Å². The number of carbonyl (C=O) groups excluding carboxylic acids is 1. The molecule has 0 radical (unpaired) electrons. The van der Waals surface area contributed by atoms with Gasteiger partial charge in [0.2, 0.25) is 5.91 Å². The van der Waals surface area contributed by atoms with Gasteiger partial charge in [0, 0.05) is 13.6 Å². The van der Waals surface area contributed by atoms with Crippen LogP contribution >= 0.6 is 11.6 Å². The molecule has 1 aromatic carbocycles. The van der Waals surface area contributed by atoms with Gasteiger partial charge in [0.25, 0.3) is 0 Å². The van der Waals surface area contributed by atoms with Crippen LogP contribution in [0.15, 0.2) is 18.2 Å². The van der Waals surface area contributed by atoms with Crippen molar-refractivity contribution in [2.75, 3.05) is 20.2 Å². The van der Waals surface area contributed by atoms with E-state index >= 15 is 0 Å². The van der Waals surface area contributed by atoms with Crippen LogP contribution in [0.5, 0.6) is 5.75 Å². The molecule has 0 aliphatic heterocycles. The number of nitrogens with zero attached hydrogens (tertiary/aromatic N) is 1. The first-order valence-corrected chi connectivity index (χ1v) is 5.81. The van der Waals surface area contributed by atoms with Crippen molar-refractivity contribution in [3.8, 4) is 5.75 Å². The lowest BCUT2D eigenvalue weighted by molar-refractivity contribution is -0.128. The number of nitrogens with two attached hydrogens (primary N) is 1. The SMILES string of the molecule is CCOc1ccc(CN(C)C(=O)CN)cc1Cl. The van der Waals surface area contributed by atoms with Gasteiger partial charge in [-0.3, -0.25) is 4.79 Å². The number of hydrogen-bond acceptors (Lipinski definition) is 3. The van der Waals surface area contributed by atoms with Gasteiger partial charge in [0.1, 0.15) is 5.75 Å². The Morgan fingerprint density at radius 2 is 2.24 bits per heavy atom. The summed E-state index contributed by atoms with van der Waals surface area (Å²) in [5.41, 5.74) is 6.23. The fourth-order valence-corrected chi connectivity index (χ4v) is 1.69. The standard InChI is InChI=1S/C12H17ClN2O2/c1-3-17-11-5-4-9(6-10(11)13)8-15(2)12(16)7-14/h4-6H,3,7-8,14H2,1-2H3. The number of likely N-dealkylation sites (N-methyl/N-ethyl adjacent to an activating group) is 1. The molecule has 0 fully saturated rings. The highest BCUT2D eigenvalue weighted by Crippen LogP contribution is 2.25. The lowest BCUT2D eigenvalue weighted by atomic mass is 10.2. The van der Waals surface area contributed by atoms with E-state index in [-0.39, 0.29) is 12.5 Å². The summed E-state index contributed by atoms with van der Waals surface area (Å²) < 4.78 is 5.33. The van der Waals surface area contributed by atoms with E-state index in [4.69, 9.17) is 22.1 Å². The summed E-state index contributed by atoms with van der Waals surface area (Å²) in [6.07, 6.45) is 0. The fourth-order valence-electron chi connectivity index (χ4n) is 1.43. The number of ether oxygens (including phenoxy) is 1. The lowest BCUT2D eigenvalue weighted by Gasteiger charge is -2.16. The molecule has 0 aliphatic rings. The maximum absolute atomic E-state index is 11.3. The van der Waals surface area contributed by atoms with Crippen molar-refractivity contribution in [2.45, 2.75) is 13.5 Å². The Labute approximate surface area is 106 Å². The average Bonchev–Trinajstić information content (AvgIpc) is 2.31. The Bertz CT molecular complexity index is 396. The van der Waals surface area contributed by atoms with Crippen LogP contribution in [0, 0.1) is 0 Å². The molecule has 0 saturated heterocycles. The monoisotopic (exact) mass is 256 g/mol. The highest BCUT2D eigenvalue weighted by molar-refractivity contribution is 6.32. The molecule has 0 bridgehead atoms. The Morgan fingerprint density at radius 1 is 1.53 bits per heavy atom. The van der Waals surface area contributed by atoms with E-state index in [9.17, 15) is 4.79 Å². The molecule has 1 amide bonds. The second-order valence-electron chi connectivity index (χ2n) is 3.65. The van der Waals surface area contributed by atoms with Crippen molar-refractivity contribution < 1.29 is 9.53 Å². The predicted molar refractivity (Wildman–Crippen MR) is 68.1 cm³/mol. The van der Waals surface area contributed by atoms with Crippen LogP contribution in [-0.4, -0.2) is 31.0 Å². The molecule has 1 rings (SSSR count). The quantitative estimate of drug-likeness (QED) is 0.872. The number of benzene rings is 1. The average molecular weight is 257 g/mol. The summed E-state index contributed by atoms with van der Waals surface area (Å²) in [6.45, 7) is 2.98. The van der Waals surface area contributed by atoms with E-state index < -0.39 is 0 Å². The van der Waals surface area contributed by atoms with Gasteiger partial charge in [0.15, 0.2) is 0 Å². The Balaban J connectivity index is 2.73. The largest absolute Gasteiger partial charge is 0.492 e. The van der Waals surface area contributed by atoms with Gasteiger partial charge in [-0.05, 0) is 24.6 Å². The molecule has 0 atom stereocenters. The smallest absolute Gasteiger partial charge is 0.236 e. The molecule has 2 N–H and O–H groups in total. The molecule has 4 nitrogen and oxygen atoms in total. The minimum absolute atomic E-state index is 0.0151. The molecule has 0 aromatic heterocycles. The predicted octanol–water partition coefficient (Wildman–Crippen LogP) is 1.66. The summed E-state index contributed by atoms with van der Waals surface area (Å²) in [5, 5.41) is 0.554. The second kappa shape index (κ2) is 6.47. The number of hydrogen-bond donors (Lipinski definition) is 1. The van der Waals surface area contributed by atoms with Crippen molar-refractivity contribution in [1.82, 2.24) is 4.90 Å². The van der Waals surface area contributed by atoms with E-state index in [1.807, 2.05) is 19.1 Å². The van der Waals surface area contributed by atoms with Crippen molar-refractivity contribution in [2.24, 2.45) is 5.73 Å². The first-order chi connectivity index (χ1) is 8.08.